The summed E-state index contributed by atoms with van der Waals surface area (Å²) in [6.07, 6.45) is 0. The van der Waals surface area contributed by atoms with Crippen molar-refractivity contribution in [1.29, 1.82) is 0 Å². The Kier molecular flexibility index (Phi) is 2.74. The Morgan fingerprint density at radius 1 is 1.00 bits per heavy atom. The fourth-order valence-corrected chi connectivity index (χ4v) is 3.03. The summed E-state index contributed by atoms with van der Waals surface area (Å²) in [6, 6.07) is 7.79. The minimum absolute atomic E-state index is 0.589. The van der Waals surface area contributed by atoms with Crippen molar-refractivity contribution in [3.63, 3.8) is 0 Å². The highest BCUT2D eigenvalue weighted by atomic mass is 32.1. The van der Waals surface area contributed by atoms with Crippen LogP contribution in [0.25, 0.3) is 9.75 Å². The molecule has 2 heterocycles. The summed E-state index contributed by atoms with van der Waals surface area (Å²) < 4.78 is 0.589. The molecule has 0 aliphatic carbocycles. The van der Waals surface area contributed by atoms with Crippen LogP contribution >= 0.6 is 22.7 Å². The molecule has 0 saturated carbocycles. The van der Waals surface area contributed by atoms with Crippen molar-refractivity contribution in [2.75, 3.05) is 0 Å². The van der Waals surface area contributed by atoms with Crippen LogP contribution < -0.4 is 4.78 Å². The van der Waals surface area contributed by atoms with Crippen LogP contribution in [0.3, 0.4) is 0 Å². The maximum Gasteiger partial charge on any atom is 0.499 e. The summed E-state index contributed by atoms with van der Waals surface area (Å²) >= 11 is 3.13. The van der Waals surface area contributed by atoms with Crippen LogP contribution in [0.4, 0.5) is 0 Å². The molecule has 0 radical (unpaired) electrons. The average Bonchev–Trinajstić information content (AvgIpc) is 2.70. The van der Waals surface area contributed by atoms with Crippen LogP contribution in [-0.4, -0.2) is 17.2 Å². The quantitative estimate of drug-likeness (QED) is 0.758. The third kappa shape index (κ3) is 1.91. The topological polar surface area (TPSA) is 40.5 Å². The molecule has 0 unspecified atom stereocenters. The van der Waals surface area contributed by atoms with Gasteiger partial charge in [-0.1, -0.05) is 6.07 Å². The van der Waals surface area contributed by atoms with Gasteiger partial charge in [-0.2, -0.15) is 0 Å². The second kappa shape index (κ2) is 3.86. The van der Waals surface area contributed by atoms with Gasteiger partial charge in [0.25, 0.3) is 0 Å². The molecule has 14 heavy (non-hydrogen) atoms. The highest BCUT2D eigenvalue weighted by Crippen LogP contribution is 2.30. The van der Waals surface area contributed by atoms with Crippen molar-refractivity contribution >= 4 is 34.6 Å². The molecule has 2 aromatic rings. The molecule has 0 atom stereocenters. The van der Waals surface area contributed by atoms with Gasteiger partial charge in [0.2, 0.25) is 0 Å². The molecular weight excluding hydrogens is 215 g/mol. The molecule has 0 aliphatic heterocycles. The van der Waals surface area contributed by atoms with E-state index >= 15 is 0 Å². The Morgan fingerprint density at radius 2 is 1.64 bits per heavy atom. The van der Waals surface area contributed by atoms with Gasteiger partial charge < -0.3 is 10.0 Å². The van der Waals surface area contributed by atoms with Crippen molar-refractivity contribution in [3.05, 3.63) is 29.1 Å². The molecule has 0 aromatic carbocycles. The lowest BCUT2D eigenvalue weighted by Crippen LogP contribution is -2.26. The average molecular weight is 224 g/mol. The lowest BCUT2D eigenvalue weighted by atomic mass is 9.90. The van der Waals surface area contributed by atoms with E-state index in [0.717, 1.165) is 4.88 Å². The SMILES string of the molecule is Cc1ccc(-c2ccc(B(O)O)s2)s1. The first-order chi connectivity index (χ1) is 6.66. The summed E-state index contributed by atoms with van der Waals surface area (Å²) in [6.45, 7) is 2.06. The molecule has 2 rings (SSSR count). The van der Waals surface area contributed by atoms with Crippen LogP contribution in [0, 0.1) is 6.92 Å². The Balaban J connectivity index is 2.33. The van der Waals surface area contributed by atoms with Crippen molar-refractivity contribution in [3.8, 4) is 9.75 Å². The van der Waals surface area contributed by atoms with Gasteiger partial charge in [-0.3, -0.25) is 0 Å². The maximum absolute atomic E-state index is 8.96. The van der Waals surface area contributed by atoms with Crippen molar-refractivity contribution in [1.82, 2.24) is 0 Å². The Morgan fingerprint density at radius 3 is 2.14 bits per heavy atom. The van der Waals surface area contributed by atoms with Gasteiger partial charge in [-0.15, -0.1) is 22.7 Å². The molecule has 0 aliphatic rings. The van der Waals surface area contributed by atoms with E-state index in [1.807, 2.05) is 6.07 Å². The van der Waals surface area contributed by atoms with E-state index < -0.39 is 7.12 Å². The van der Waals surface area contributed by atoms with Crippen molar-refractivity contribution < 1.29 is 10.0 Å². The minimum Gasteiger partial charge on any atom is -0.423 e. The standard InChI is InChI=1S/C9H9BO2S2/c1-6-2-3-7(13-6)8-4-5-9(14-8)10(11)12/h2-5,11-12H,1H3. The molecule has 2 nitrogen and oxygen atoms in total. The van der Waals surface area contributed by atoms with Gasteiger partial charge in [0.15, 0.2) is 0 Å². The summed E-state index contributed by atoms with van der Waals surface area (Å²) in [5, 5.41) is 17.9. The molecule has 5 heteroatoms. The fourth-order valence-electron chi connectivity index (χ4n) is 1.19. The highest BCUT2D eigenvalue weighted by molar-refractivity contribution is 7.27. The normalized spacial score (nSPS) is 10.5. The molecular formula is C9H9BO2S2. The van der Waals surface area contributed by atoms with Gasteiger partial charge in [0, 0.05) is 19.4 Å². The van der Waals surface area contributed by atoms with E-state index in [-0.39, 0.29) is 0 Å². The molecule has 0 spiro atoms. The molecule has 2 aromatic heterocycles. The second-order valence-electron chi connectivity index (χ2n) is 2.99. The Hall–Kier alpha value is -0.615. The Labute approximate surface area is 90.6 Å². The number of rotatable bonds is 2. The molecule has 2 N–H and O–H groups in total. The number of hydrogen-bond acceptors (Lipinski definition) is 4. The predicted molar refractivity (Wildman–Crippen MR) is 62.2 cm³/mol. The lowest BCUT2D eigenvalue weighted by Gasteiger charge is -1.91. The van der Waals surface area contributed by atoms with Crippen LogP contribution in [0.1, 0.15) is 4.88 Å². The van der Waals surface area contributed by atoms with E-state index in [0.29, 0.717) is 4.78 Å². The number of thiophene rings is 2. The molecule has 0 bridgehead atoms. The van der Waals surface area contributed by atoms with E-state index in [1.54, 1.807) is 17.4 Å². The first-order valence-corrected chi connectivity index (χ1v) is 5.83. The predicted octanol–water partition coefficient (Wildman–Crippen LogP) is 1.46. The van der Waals surface area contributed by atoms with Crippen LogP contribution in [0.15, 0.2) is 24.3 Å². The minimum atomic E-state index is -1.35. The second-order valence-corrected chi connectivity index (χ2v) is 5.39. The largest absolute Gasteiger partial charge is 0.499 e. The van der Waals surface area contributed by atoms with Gasteiger partial charge in [0.1, 0.15) is 0 Å². The van der Waals surface area contributed by atoms with Gasteiger partial charge >= 0.3 is 7.12 Å². The first kappa shape index (κ1) is 9.92. The molecule has 0 amide bonds. The van der Waals surface area contributed by atoms with Crippen molar-refractivity contribution in [2.24, 2.45) is 0 Å². The summed E-state index contributed by atoms with van der Waals surface area (Å²) in [7, 11) is -1.35. The molecule has 72 valence electrons. The highest BCUT2D eigenvalue weighted by Gasteiger charge is 2.14. The zero-order chi connectivity index (χ0) is 10.1. The first-order valence-electron chi connectivity index (χ1n) is 4.19. The number of hydrogen-bond donors (Lipinski definition) is 2. The Bertz CT molecular complexity index is 433. The smallest absolute Gasteiger partial charge is 0.423 e. The number of aryl methyl sites for hydroxylation is 1. The van der Waals surface area contributed by atoms with Crippen LogP contribution in [-0.2, 0) is 0 Å². The van der Waals surface area contributed by atoms with Gasteiger partial charge in [0.05, 0.1) is 0 Å². The summed E-state index contributed by atoms with van der Waals surface area (Å²) in [5.41, 5.74) is 0. The lowest BCUT2D eigenvalue weighted by molar-refractivity contribution is 0.427. The van der Waals surface area contributed by atoms with Crippen LogP contribution in [0.5, 0.6) is 0 Å². The molecule has 0 fully saturated rings. The van der Waals surface area contributed by atoms with E-state index in [4.69, 9.17) is 10.0 Å². The summed E-state index contributed by atoms with van der Waals surface area (Å²) in [5.74, 6) is 0. The third-order valence-corrected chi connectivity index (χ3v) is 4.19. The zero-order valence-electron chi connectivity index (χ0n) is 7.60. The zero-order valence-corrected chi connectivity index (χ0v) is 9.23. The van der Waals surface area contributed by atoms with Crippen LogP contribution in [0.2, 0.25) is 0 Å². The van der Waals surface area contributed by atoms with E-state index in [2.05, 4.69) is 19.1 Å². The van der Waals surface area contributed by atoms with Gasteiger partial charge in [-0.25, -0.2) is 0 Å². The third-order valence-electron chi connectivity index (χ3n) is 1.86. The van der Waals surface area contributed by atoms with Crippen molar-refractivity contribution in [2.45, 2.75) is 6.92 Å². The molecule has 0 saturated heterocycles. The fraction of sp³-hybridized carbons (Fsp3) is 0.111. The van der Waals surface area contributed by atoms with E-state index in [1.165, 1.54) is 21.1 Å². The summed E-state index contributed by atoms with van der Waals surface area (Å²) in [4.78, 5) is 3.53. The maximum atomic E-state index is 8.96. The van der Waals surface area contributed by atoms with Gasteiger partial charge in [-0.05, 0) is 25.1 Å². The monoisotopic (exact) mass is 224 g/mol. The van der Waals surface area contributed by atoms with E-state index in [9.17, 15) is 0 Å².